The number of carbonyl (C=O) groups excluding carboxylic acids is 1. The smallest absolute Gasteiger partial charge is 0.249 e. The van der Waals surface area contributed by atoms with Gasteiger partial charge < -0.3 is 15.2 Å². The van der Waals surface area contributed by atoms with Gasteiger partial charge >= 0.3 is 0 Å². The van der Waals surface area contributed by atoms with Crippen molar-refractivity contribution in [1.29, 1.82) is 0 Å². The zero-order valence-corrected chi connectivity index (χ0v) is 15.3. The largest absolute Gasteiger partial charge is 0.344 e. The lowest BCUT2D eigenvalue weighted by Gasteiger charge is -2.25. The minimum Gasteiger partial charge on any atom is -0.344 e. The molecule has 25 heavy (non-hydrogen) atoms. The minimum atomic E-state index is -0.282. The number of hydrogen-bond donors (Lipinski definition) is 2. The Hall–Kier alpha value is -1.99. The van der Waals surface area contributed by atoms with E-state index in [1.807, 2.05) is 26.0 Å². The number of nitrogens with zero attached hydrogens (tertiary/aromatic N) is 3. The maximum absolute atomic E-state index is 12.5. The Kier molecular flexibility index (Phi) is 6.90. The molecule has 0 spiro atoms. The summed E-state index contributed by atoms with van der Waals surface area (Å²) < 4.78 is 5.42. The standard InChI is InChI=1S/C17H23N5O2.ClH/c1-11(2)14(20-16(23)13-5-9-19-10-6-13)17-21-15(22-24-17)12-3-7-18-8-4-12;/h3-4,7-8,11,13-14,19H,5-6,9-10H2,1-2H3,(H,20,23);1H. The molecule has 0 saturated carbocycles. The molecule has 7 nitrogen and oxygen atoms in total. The highest BCUT2D eigenvalue weighted by Gasteiger charge is 2.28. The fourth-order valence-electron chi connectivity index (χ4n) is 2.85. The van der Waals surface area contributed by atoms with Gasteiger partial charge in [0.15, 0.2) is 0 Å². The molecule has 1 aliphatic rings. The molecule has 2 aromatic rings. The number of hydrogen-bond acceptors (Lipinski definition) is 6. The van der Waals surface area contributed by atoms with E-state index in [1.54, 1.807) is 12.4 Å². The maximum Gasteiger partial charge on any atom is 0.249 e. The number of halogens is 1. The highest BCUT2D eigenvalue weighted by Crippen LogP contribution is 2.24. The number of pyridine rings is 1. The van der Waals surface area contributed by atoms with E-state index in [1.165, 1.54) is 0 Å². The molecule has 0 aromatic carbocycles. The van der Waals surface area contributed by atoms with Crippen molar-refractivity contribution in [2.24, 2.45) is 11.8 Å². The van der Waals surface area contributed by atoms with Crippen LogP contribution < -0.4 is 10.6 Å². The number of piperidine rings is 1. The van der Waals surface area contributed by atoms with Crippen molar-refractivity contribution in [3.63, 3.8) is 0 Å². The summed E-state index contributed by atoms with van der Waals surface area (Å²) in [7, 11) is 0. The molecule has 1 saturated heterocycles. The van der Waals surface area contributed by atoms with Crippen molar-refractivity contribution in [1.82, 2.24) is 25.8 Å². The van der Waals surface area contributed by atoms with Crippen LogP contribution in [-0.2, 0) is 4.79 Å². The zero-order chi connectivity index (χ0) is 16.9. The molecule has 3 rings (SSSR count). The van der Waals surface area contributed by atoms with E-state index in [0.717, 1.165) is 31.5 Å². The molecule has 1 unspecified atom stereocenters. The molecule has 1 amide bonds. The summed E-state index contributed by atoms with van der Waals surface area (Å²) in [6, 6.07) is 3.37. The van der Waals surface area contributed by atoms with Crippen LogP contribution in [0.5, 0.6) is 0 Å². The van der Waals surface area contributed by atoms with Gasteiger partial charge in [0, 0.05) is 23.9 Å². The monoisotopic (exact) mass is 365 g/mol. The van der Waals surface area contributed by atoms with Crippen molar-refractivity contribution in [3.8, 4) is 11.4 Å². The van der Waals surface area contributed by atoms with Gasteiger partial charge in [-0.2, -0.15) is 4.98 Å². The van der Waals surface area contributed by atoms with Crippen LogP contribution in [0.2, 0.25) is 0 Å². The summed E-state index contributed by atoms with van der Waals surface area (Å²) in [6.07, 6.45) is 5.10. The van der Waals surface area contributed by atoms with E-state index in [4.69, 9.17) is 4.52 Å². The molecule has 1 atom stereocenters. The van der Waals surface area contributed by atoms with Gasteiger partial charge in [0.25, 0.3) is 0 Å². The fourth-order valence-corrected chi connectivity index (χ4v) is 2.85. The topological polar surface area (TPSA) is 92.9 Å². The first-order valence-corrected chi connectivity index (χ1v) is 8.40. The second-order valence-corrected chi connectivity index (χ2v) is 6.45. The lowest BCUT2D eigenvalue weighted by atomic mass is 9.95. The average molecular weight is 366 g/mol. The van der Waals surface area contributed by atoms with Gasteiger partial charge in [-0.15, -0.1) is 12.4 Å². The summed E-state index contributed by atoms with van der Waals surface area (Å²) in [5.41, 5.74) is 0.840. The summed E-state index contributed by atoms with van der Waals surface area (Å²) in [5, 5.41) is 10.4. The Labute approximate surface area is 153 Å². The van der Waals surface area contributed by atoms with E-state index in [0.29, 0.717) is 11.7 Å². The van der Waals surface area contributed by atoms with Crippen molar-refractivity contribution >= 4 is 18.3 Å². The lowest BCUT2D eigenvalue weighted by Crippen LogP contribution is -2.41. The lowest BCUT2D eigenvalue weighted by molar-refractivity contribution is -0.127. The molecule has 0 radical (unpaired) electrons. The van der Waals surface area contributed by atoms with Crippen molar-refractivity contribution in [2.75, 3.05) is 13.1 Å². The van der Waals surface area contributed by atoms with E-state index in [2.05, 4.69) is 25.8 Å². The fraction of sp³-hybridized carbons (Fsp3) is 0.529. The molecule has 136 valence electrons. The normalized spacial score (nSPS) is 16.3. The predicted octanol–water partition coefficient (Wildman–Crippen LogP) is 2.37. The average Bonchev–Trinajstić information content (AvgIpc) is 3.10. The van der Waals surface area contributed by atoms with Crippen LogP contribution in [0.3, 0.4) is 0 Å². The summed E-state index contributed by atoms with van der Waals surface area (Å²) in [6.45, 7) is 5.84. The van der Waals surface area contributed by atoms with Crippen molar-refractivity contribution < 1.29 is 9.32 Å². The van der Waals surface area contributed by atoms with Crippen molar-refractivity contribution in [3.05, 3.63) is 30.4 Å². The van der Waals surface area contributed by atoms with Gasteiger partial charge in [-0.05, 0) is 44.0 Å². The highest BCUT2D eigenvalue weighted by molar-refractivity contribution is 5.85. The predicted molar refractivity (Wildman–Crippen MR) is 96.1 cm³/mol. The van der Waals surface area contributed by atoms with Crippen molar-refractivity contribution in [2.45, 2.75) is 32.7 Å². The van der Waals surface area contributed by atoms with E-state index >= 15 is 0 Å². The summed E-state index contributed by atoms with van der Waals surface area (Å²) >= 11 is 0. The quantitative estimate of drug-likeness (QED) is 0.844. The molecule has 0 bridgehead atoms. The van der Waals surface area contributed by atoms with E-state index < -0.39 is 0 Å². The highest BCUT2D eigenvalue weighted by atomic mass is 35.5. The molecule has 0 aliphatic carbocycles. The van der Waals surface area contributed by atoms with Gasteiger partial charge in [-0.25, -0.2) is 0 Å². The first-order valence-electron chi connectivity index (χ1n) is 8.40. The van der Waals surface area contributed by atoms with Crippen LogP contribution in [0.15, 0.2) is 29.0 Å². The number of amides is 1. The number of nitrogens with one attached hydrogen (secondary N) is 2. The number of rotatable bonds is 5. The third-order valence-electron chi connectivity index (χ3n) is 4.32. The second kappa shape index (κ2) is 8.92. The van der Waals surface area contributed by atoms with E-state index in [-0.39, 0.29) is 36.2 Å². The Morgan fingerprint density at radius 1 is 1.28 bits per heavy atom. The van der Waals surface area contributed by atoms with Crippen LogP contribution in [0, 0.1) is 11.8 Å². The molecule has 2 aromatic heterocycles. The van der Waals surface area contributed by atoms with Crippen LogP contribution >= 0.6 is 12.4 Å². The third-order valence-corrected chi connectivity index (χ3v) is 4.32. The molecule has 1 fully saturated rings. The van der Waals surface area contributed by atoms with Gasteiger partial charge in [-0.1, -0.05) is 19.0 Å². The SMILES string of the molecule is CC(C)C(NC(=O)C1CCNCC1)c1nc(-c2ccncc2)no1.Cl. The van der Waals surface area contributed by atoms with Crippen LogP contribution in [-0.4, -0.2) is 34.1 Å². The summed E-state index contributed by atoms with van der Waals surface area (Å²) in [4.78, 5) is 21.0. The van der Waals surface area contributed by atoms with Gasteiger partial charge in [0.05, 0.1) is 0 Å². The van der Waals surface area contributed by atoms with Crippen LogP contribution in [0.4, 0.5) is 0 Å². The maximum atomic E-state index is 12.5. The molecule has 2 N–H and O–H groups in total. The Morgan fingerprint density at radius 2 is 1.96 bits per heavy atom. The molecule has 1 aliphatic heterocycles. The molecular weight excluding hydrogens is 342 g/mol. The summed E-state index contributed by atoms with van der Waals surface area (Å²) in [5.74, 6) is 1.23. The minimum absolute atomic E-state index is 0. The van der Waals surface area contributed by atoms with Gasteiger partial charge in [0.1, 0.15) is 6.04 Å². The molecule has 3 heterocycles. The van der Waals surface area contributed by atoms with Gasteiger partial charge in [0.2, 0.25) is 17.6 Å². The Bertz CT molecular complexity index is 671. The first-order chi connectivity index (χ1) is 11.6. The third kappa shape index (κ3) is 4.76. The number of aromatic nitrogens is 3. The Morgan fingerprint density at radius 3 is 2.60 bits per heavy atom. The van der Waals surface area contributed by atoms with Gasteiger partial charge in [-0.3, -0.25) is 9.78 Å². The zero-order valence-electron chi connectivity index (χ0n) is 14.4. The van der Waals surface area contributed by atoms with Crippen LogP contribution in [0.1, 0.15) is 38.6 Å². The van der Waals surface area contributed by atoms with Crippen LogP contribution in [0.25, 0.3) is 11.4 Å². The molecular formula is C17H24ClN5O2. The first kappa shape index (κ1) is 19.3. The van der Waals surface area contributed by atoms with E-state index in [9.17, 15) is 4.79 Å². The number of carbonyl (C=O) groups is 1. The molecule has 8 heteroatoms. The Balaban J connectivity index is 0.00000225. The second-order valence-electron chi connectivity index (χ2n) is 6.45.